The highest BCUT2D eigenvalue weighted by atomic mass is 13.9. The predicted molar refractivity (Wildman–Crippen MR) is 57.2 cm³/mol. The highest BCUT2D eigenvalue weighted by Crippen LogP contribution is 2.05. The normalized spacial score (nSPS) is 11.5. The first-order valence-corrected chi connectivity index (χ1v) is 4.82. The van der Waals surface area contributed by atoms with E-state index in [9.17, 15) is 0 Å². The van der Waals surface area contributed by atoms with Gasteiger partial charge in [0.15, 0.2) is 0 Å². The summed E-state index contributed by atoms with van der Waals surface area (Å²) in [5, 5.41) is 0. The van der Waals surface area contributed by atoms with Gasteiger partial charge in [-0.2, -0.15) is 0 Å². The van der Waals surface area contributed by atoms with E-state index in [1.165, 1.54) is 18.4 Å². The molecule has 0 amide bonds. The van der Waals surface area contributed by atoms with Gasteiger partial charge in [0.05, 0.1) is 0 Å². The van der Waals surface area contributed by atoms with E-state index < -0.39 is 0 Å². The van der Waals surface area contributed by atoms with E-state index in [0.717, 1.165) is 12.8 Å². The smallest absolute Gasteiger partial charge is 0.0285 e. The molecule has 0 N–H and O–H groups in total. The van der Waals surface area contributed by atoms with Crippen molar-refractivity contribution in [3.63, 3.8) is 0 Å². The van der Waals surface area contributed by atoms with Crippen molar-refractivity contribution in [3.05, 3.63) is 36.5 Å². The second-order valence-electron chi connectivity index (χ2n) is 2.96. The highest BCUT2D eigenvalue weighted by molar-refractivity contribution is 5.18. The van der Waals surface area contributed by atoms with Crippen LogP contribution in [0.15, 0.2) is 36.5 Å². The molecule has 0 heteroatoms. The fourth-order valence-electron chi connectivity index (χ4n) is 0.893. The van der Waals surface area contributed by atoms with Crippen molar-refractivity contribution in [2.24, 2.45) is 0 Å². The lowest BCUT2D eigenvalue weighted by Gasteiger charge is -1.95. The summed E-state index contributed by atoms with van der Waals surface area (Å²) >= 11 is 0. The van der Waals surface area contributed by atoms with Crippen molar-refractivity contribution in [2.75, 3.05) is 0 Å². The minimum atomic E-state index is 1.10. The van der Waals surface area contributed by atoms with Gasteiger partial charge in [-0.1, -0.05) is 56.7 Å². The maximum atomic E-state index is 3.97. The minimum Gasteiger partial charge on any atom is -0.0958 e. The second kappa shape index (κ2) is 8.32. The third-order valence-corrected chi connectivity index (χ3v) is 1.67. The average Bonchev–Trinajstić information content (AvgIpc) is 2.09. The minimum absolute atomic E-state index is 1.10. The molecule has 0 saturated heterocycles. The van der Waals surface area contributed by atoms with Crippen LogP contribution in [0.3, 0.4) is 0 Å². The van der Waals surface area contributed by atoms with Crippen LogP contribution in [-0.2, 0) is 0 Å². The maximum Gasteiger partial charge on any atom is -0.0285 e. The summed E-state index contributed by atoms with van der Waals surface area (Å²) in [6, 6.07) is 0. The van der Waals surface area contributed by atoms with Gasteiger partial charge < -0.3 is 0 Å². The van der Waals surface area contributed by atoms with Gasteiger partial charge in [0, 0.05) is 0 Å². The molecule has 12 heavy (non-hydrogen) atoms. The lowest BCUT2D eigenvalue weighted by Crippen LogP contribution is -1.75. The number of rotatable bonds is 6. The molecule has 0 rings (SSSR count). The number of hydrogen-bond donors (Lipinski definition) is 0. The van der Waals surface area contributed by atoms with Crippen LogP contribution in [0.4, 0.5) is 0 Å². The third-order valence-electron chi connectivity index (χ3n) is 1.67. The van der Waals surface area contributed by atoms with Crippen molar-refractivity contribution in [1.29, 1.82) is 0 Å². The molecule has 0 bridgehead atoms. The zero-order valence-electron chi connectivity index (χ0n) is 8.34. The largest absolute Gasteiger partial charge is 0.0958 e. The number of allylic oxidation sites excluding steroid dienone is 5. The molecule has 0 aliphatic carbocycles. The van der Waals surface area contributed by atoms with Crippen LogP contribution in [0.25, 0.3) is 0 Å². The Kier molecular flexibility index (Phi) is 7.78. The van der Waals surface area contributed by atoms with Gasteiger partial charge in [0.1, 0.15) is 0 Å². The molecule has 0 aromatic heterocycles. The monoisotopic (exact) mass is 164 g/mol. The van der Waals surface area contributed by atoms with Gasteiger partial charge >= 0.3 is 0 Å². The molecule has 0 unspecified atom stereocenters. The Balaban J connectivity index is 3.53. The molecule has 68 valence electrons. The van der Waals surface area contributed by atoms with Crippen LogP contribution in [0, 0.1) is 0 Å². The first-order chi connectivity index (χ1) is 5.81. The van der Waals surface area contributed by atoms with E-state index in [2.05, 4.69) is 44.7 Å². The summed E-state index contributed by atoms with van der Waals surface area (Å²) in [6.07, 6.45) is 13.1. The molecule has 0 saturated carbocycles. The molecule has 0 nitrogen and oxygen atoms in total. The molecule has 0 atom stereocenters. The van der Waals surface area contributed by atoms with E-state index in [1.54, 1.807) is 0 Å². The van der Waals surface area contributed by atoms with Crippen molar-refractivity contribution in [1.82, 2.24) is 0 Å². The van der Waals surface area contributed by atoms with Crippen LogP contribution in [-0.4, -0.2) is 0 Å². The Morgan fingerprint density at radius 2 is 2.00 bits per heavy atom. The maximum absolute atomic E-state index is 3.97. The quantitative estimate of drug-likeness (QED) is 0.515. The lowest BCUT2D eigenvalue weighted by molar-refractivity contribution is 0.799. The molecule has 0 aromatic carbocycles. The molecule has 0 fully saturated rings. The van der Waals surface area contributed by atoms with Crippen molar-refractivity contribution in [3.8, 4) is 0 Å². The molecule has 0 aliphatic heterocycles. The zero-order chi connectivity index (χ0) is 9.23. The Morgan fingerprint density at radius 1 is 1.25 bits per heavy atom. The van der Waals surface area contributed by atoms with Crippen molar-refractivity contribution in [2.45, 2.75) is 39.5 Å². The van der Waals surface area contributed by atoms with Gasteiger partial charge in [0.2, 0.25) is 0 Å². The molecule has 0 aromatic rings. The Bertz CT molecular complexity index is 161. The van der Waals surface area contributed by atoms with Crippen molar-refractivity contribution < 1.29 is 0 Å². The Morgan fingerprint density at radius 3 is 2.58 bits per heavy atom. The summed E-state index contributed by atoms with van der Waals surface area (Å²) in [7, 11) is 0. The summed E-state index contributed by atoms with van der Waals surface area (Å²) in [6.45, 7) is 8.31. The van der Waals surface area contributed by atoms with E-state index in [0.29, 0.717) is 0 Å². The van der Waals surface area contributed by atoms with Gasteiger partial charge in [0.25, 0.3) is 0 Å². The summed E-state index contributed by atoms with van der Waals surface area (Å²) in [5.41, 5.74) is 1.23. The van der Waals surface area contributed by atoms with Crippen LogP contribution >= 0.6 is 0 Å². The molecule has 0 heterocycles. The van der Waals surface area contributed by atoms with E-state index in [-0.39, 0.29) is 0 Å². The number of hydrogen-bond acceptors (Lipinski definition) is 0. The van der Waals surface area contributed by atoms with Gasteiger partial charge in [-0.25, -0.2) is 0 Å². The molecule has 0 spiro atoms. The molecule has 0 aliphatic rings. The fourth-order valence-corrected chi connectivity index (χ4v) is 0.893. The SMILES string of the molecule is C=C(/C=C\C=C/CC)CCCC. The van der Waals surface area contributed by atoms with Crippen LogP contribution in [0.2, 0.25) is 0 Å². The molecular formula is C12H20. The molecular weight excluding hydrogens is 144 g/mol. The Labute approximate surface area is 76.7 Å². The van der Waals surface area contributed by atoms with Gasteiger partial charge in [-0.3, -0.25) is 0 Å². The van der Waals surface area contributed by atoms with E-state index >= 15 is 0 Å². The van der Waals surface area contributed by atoms with Crippen LogP contribution < -0.4 is 0 Å². The highest BCUT2D eigenvalue weighted by Gasteiger charge is 1.85. The topological polar surface area (TPSA) is 0 Å². The van der Waals surface area contributed by atoms with E-state index in [1.807, 2.05) is 0 Å². The van der Waals surface area contributed by atoms with Crippen molar-refractivity contribution >= 4 is 0 Å². The summed E-state index contributed by atoms with van der Waals surface area (Å²) < 4.78 is 0. The fraction of sp³-hybridized carbons (Fsp3) is 0.500. The second-order valence-corrected chi connectivity index (χ2v) is 2.96. The van der Waals surface area contributed by atoms with Gasteiger partial charge in [-0.15, -0.1) is 0 Å². The Hall–Kier alpha value is -0.780. The van der Waals surface area contributed by atoms with Crippen LogP contribution in [0.1, 0.15) is 39.5 Å². The first-order valence-electron chi connectivity index (χ1n) is 4.82. The summed E-state index contributed by atoms with van der Waals surface area (Å²) in [4.78, 5) is 0. The molecule has 0 radical (unpaired) electrons. The van der Waals surface area contributed by atoms with E-state index in [4.69, 9.17) is 0 Å². The first kappa shape index (κ1) is 11.2. The lowest BCUT2D eigenvalue weighted by atomic mass is 10.1. The number of unbranched alkanes of at least 4 members (excludes halogenated alkanes) is 1. The van der Waals surface area contributed by atoms with Crippen LogP contribution in [0.5, 0.6) is 0 Å². The average molecular weight is 164 g/mol. The summed E-state index contributed by atoms with van der Waals surface area (Å²) in [5.74, 6) is 0. The zero-order valence-corrected chi connectivity index (χ0v) is 8.34. The van der Waals surface area contributed by atoms with Gasteiger partial charge in [-0.05, 0) is 19.3 Å². The standard InChI is InChI=1S/C12H20/c1-4-6-8-9-11-12(3)10-7-5-2/h6,8-9,11H,3-5,7,10H2,1-2H3/b8-6-,11-9-. The third kappa shape index (κ3) is 7.33. The predicted octanol–water partition coefficient (Wildman–Crippen LogP) is 4.26.